The van der Waals surface area contributed by atoms with E-state index in [1.807, 2.05) is 24.3 Å². The lowest BCUT2D eigenvalue weighted by Gasteiger charge is -2.20. The molecule has 0 atom stereocenters. The number of aromatic nitrogens is 2. The maximum atomic E-state index is 13.4. The normalized spacial score (nSPS) is 11.0. The number of anilines is 1. The van der Waals surface area contributed by atoms with Gasteiger partial charge < -0.3 is 4.74 Å². The first-order chi connectivity index (χ1) is 16.0. The van der Waals surface area contributed by atoms with E-state index < -0.39 is 0 Å². The summed E-state index contributed by atoms with van der Waals surface area (Å²) in [5.41, 5.74) is 4.15. The Morgan fingerprint density at radius 1 is 1.12 bits per heavy atom. The molecule has 2 aromatic carbocycles. The van der Waals surface area contributed by atoms with E-state index in [1.165, 1.54) is 21.8 Å². The third kappa shape index (κ3) is 5.72. The van der Waals surface area contributed by atoms with Crippen molar-refractivity contribution >= 4 is 44.4 Å². The summed E-state index contributed by atoms with van der Waals surface area (Å²) in [6.45, 7) is 4.58. The number of fused-ring (bicyclic) bond motifs is 1. The minimum Gasteiger partial charge on any atom is -0.494 e. The first kappa shape index (κ1) is 23.3. The van der Waals surface area contributed by atoms with Gasteiger partial charge in [-0.1, -0.05) is 41.2 Å². The average Bonchev–Trinajstić information content (AvgIpc) is 3.28. The summed E-state index contributed by atoms with van der Waals surface area (Å²) < 4.78 is 6.56. The Kier molecular flexibility index (Phi) is 7.62. The minimum atomic E-state index is 0.0686. The zero-order valence-corrected chi connectivity index (χ0v) is 20.7. The van der Waals surface area contributed by atoms with Crippen LogP contribution in [0.2, 0.25) is 0 Å². The van der Waals surface area contributed by atoms with Gasteiger partial charge in [0.1, 0.15) is 11.3 Å². The second-order valence-electron chi connectivity index (χ2n) is 7.87. The van der Waals surface area contributed by atoms with Crippen molar-refractivity contribution in [2.75, 3.05) is 17.8 Å². The summed E-state index contributed by atoms with van der Waals surface area (Å²) in [4.78, 5) is 25.4. The second-order valence-corrected chi connectivity index (χ2v) is 10.0. The number of methoxy groups -OCH3 is 1. The van der Waals surface area contributed by atoms with Crippen LogP contribution in [0.3, 0.4) is 0 Å². The number of rotatable bonds is 9. The Hall–Kier alpha value is -2.90. The molecular weight excluding hydrogens is 450 g/mol. The fourth-order valence-corrected chi connectivity index (χ4v) is 5.42. The van der Waals surface area contributed by atoms with E-state index in [-0.39, 0.29) is 5.91 Å². The molecule has 0 N–H and O–H groups in total. The van der Waals surface area contributed by atoms with E-state index in [2.05, 4.69) is 43.1 Å². The number of ether oxygens (including phenoxy) is 1. The van der Waals surface area contributed by atoms with Gasteiger partial charge in [-0.15, -0.1) is 11.8 Å². The number of nitrogens with zero attached hydrogens (tertiary/aromatic N) is 3. The highest BCUT2D eigenvalue weighted by Gasteiger charge is 2.22. The van der Waals surface area contributed by atoms with E-state index in [1.54, 1.807) is 36.2 Å². The second kappa shape index (κ2) is 10.8. The third-order valence-electron chi connectivity index (χ3n) is 5.33. The minimum absolute atomic E-state index is 0.0686. The molecule has 170 valence electrons. The molecule has 0 saturated heterocycles. The van der Waals surface area contributed by atoms with Crippen molar-refractivity contribution in [2.24, 2.45) is 0 Å². The number of benzene rings is 2. The highest BCUT2D eigenvalue weighted by molar-refractivity contribution is 7.99. The van der Waals surface area contributed by atoms with E-state index in [9.17, 15) is 4.79 Å². The van der Waals surface area contributed by atoms with Gasteiger partial charge in [0.05, 0.1) is 18.4 Å². The summed E-state index contributed by atoms with van der Waals surface area (Å²) in [6, 6.07) is 16.3. The fourth-order valence-electron chi connectivity index (χ4n) is 3.50. The largest absolute Gasteiger partial charge is 0.494 e. The summed E-state index contributed by atoms with van der Waals surface area (Å²) >= 11 is 3.32. The maximum Gasteiger partial charge on any atom is 0.229 e. The molecule has 7 heteroatoms. The van der Waals surface area contributed by atoms with Crippen molar-refractivity contribution in [1.29, 1.82) is 0 Å². The van der Waals surface area contributed by atoms with E-state index in [0.717, 1.165) is 39.3 Å². The first-order valence-corrected chi connectivity index (χ1v) is 12.7. The van der Waals surface area contributed by atoms with Crippen molar-refractivity contribution in [3.63, 3.8) is 0 Å². The molecule has 0 fully saturated rings. The summed E-state index contributed by atoms with van der Waals surface area (Å²) in [7, 11) is 1.65. The zero-order valence-electron chi connectivity index (χ0n) is 19.1. The monoisotopic (exact) mass is 477 g/mol. The Morgan fingerprint density at radius 3 is 2.67 bits per heavy atom. The Labute approximate surface area is 202 Å². The Morgan fingerprint density at radius 2 is 1.94 bits per heavy atom. The van der Waals surface area contributed by atoms with Crippen LogP contribution in [-0.2, 0) is 11.3 Å². The molecule has 33 heavy (non-hydrogen) atoms. The van der Waals surface area contributed by atoms with Crippen molar-refractivity contribution < 1.29 is 9.53 Å². The van der Waals surface area contributed by atoms with Gasteiger partial charge in [0, 0.05) is 23.7 Å². The molecule has 0 aliphatic rings. The number of hydrogen-bond donors (Lipinski definition) is 0. The van der Waals surface area contributed by atoms with Crippen LogP contribution in [0.4, 0.5) is 5.13 Å². The quantitative estimate of drug-likeness (QED) is 0.206. The van der Waals surface area contributed by atoms with Gasteiger partial charge in [0.15, 0.2) is 5.13 Å². The molecule has 5 nitrogen and oxygen atoms in total. The van der Waals surface area contributed by atoms with Gasteiger partial charge in [-0.3, -0.25) is 14.7 Å². The van der Waals surface area contributed by atoms with Crippen LogP contribution in [0.25, 0.3) is 10.2 Å². The highest BCUT2D eigenvalue weighted by atomic mass is 32.2. The molecule has 0 spiro atoms. The number of amides is 1. The average molecular weight is 478 g/mol. The third-order valence-corrected chi connectivity index (χ3v) is 7.64. The van der Waals surface area contributed by atoms with Gasteiger partial charge in [-0.25, -0.2) is 4.98 Å². The molecule has 4 aromatic rings. The van der Waals surface area contributed by atoms with Crippen LogP contribution in [-0.4, -0.2) is 28.7 Å². The SMILES string of the molecule is COc1ccc(C)c2sc(N(Cc3cccnc3)C(=O)CCCSc3ccc(C)cc3)nc12. The van der Waals surface area contributed by atoms with Gasteiger partial charge in [0.25, 0.3) is 0 Å². The number of aryl methyl sites for hydroxylation is 2. The van der Waals surface area contributed by atoms with E-state index in [4.69, 9.17) is 9.72 Å². The lowest BCUT2D eigenvalue weighted by Crippen LogP contribution is -2.30. The van der Waals surface area contributed by atoms with Crippen molar-refractivity contribution in [3.8, 4) is 5.75 Å². The number of thiazole rings is 1. The molecule has 2 aromatic heterocycles. The van der Waals surface area contributed by atoms with Crippen LogP contribution in [0.15, 0.2) is 65.8 Å². The van der Waals surface area contributed by atoms with Gasteiger partial charge in [-0.05, 0) is 61.4 Å². The van der Waals surface area contributed by atoms with E-state index >= 15 is 0 Å². The molecule has 0 saturated carbocycles. The molecule has 0 aliphatic heterocycles. The lowest BCUT2D eigenvalue weighted by molar-refractivity contribution is -0.118. The topological polar surface area (TPSA) is 55.3 Å². The molecule has 1 amide bonds. The fraction of sp³-hybridized carbons (Fsp3) is 0.269. The van der Waals surface area contributed by atoms with Crippen LogP contribution >= 0.6 is 23.1 Å². The number of hydrogen-bond acceptors (Lipinski definition) is 6. The van der Waals surface area contributed by atoms with E-state index in [0.29, 0.717) is 18.1 Å². The molecule has 0 radical (unpaired) electrons. The van der Waals surface area contributed by atoms with Gasteiger partial charge in [-0.2, -0.15) is 0 Å². The summed E-state index contributed by atoms with van der Waals surface area (Å²) in [6.07, 6.45) is 4.80. The molecular formula is C26H27N3O2S2. The van der Waals surface area contributed by atoms with Crippen molar-refractivity contribution in [2.45, 2.75) is 38.1 Å². The Bertz CT molecular complexity index is 1220. The van der Waals surface area contributed by atoms with Crippen LogP contribution in [0, 0.1) is 13.8 Å². The van der Waals surface area contributed by atoms with Crippen LogP contribution in [0.5, 0.6) is 5.75 Å². The smallest absolute Gasteiger partial charge is 0.229 e. The molecule has 4 rings (SSSR count). The Balaban J connectivity index is 1.52. The number of pyridine rings is 1. The summed E-state index contributed by atoms with van der Waals surface area (Å²) in [5, 5.41) is 0.692. The number of thioether (sulfide) groups is 1. The maximum absolute atomic E-state index is 13.4. The lowest BCUT2D eigenvalue weighted by atomic mass is 10.2. The molecule has 0 unspecified atom stereocenters. The molecule has 2 heterocycles. The van der Waals surface area contributed by atoms with Crippen molar-refractivity contribution in [3.05, 3.63) is 77.6 Å². The number of carbonyl (C=O) groups is 1. The zero-order chi connectivity index (χ0) is 23.2. The molecule has 0 aliphatic carbocycles. The van der Waals surface area contributed by atoms with Crippen molar-refractivity contribution in [1.82, 2.24) is 9.97 Å². The van der Waals surface area contributed by atoms with Crippen LogP contribution in [0.1, 0.15) is 29.5 Å². The predicted molar refractivity (Wildman–Crippen MR) is 137 cm³/mol. The predicted octanol–water partition coefficient (Wildman–Crippen LogP) is 6.42. The van der Waals surface area contributed by atoms with Crippen LogP contribution < -0.4 is 9.64 Å². The highest BCUT2D eigenvalue weighted by Crippen LogP contribution is 2.37. The standard InChI is InChI=1S/C26H27N3O2S2/c1-18-8-11-21(12-9-18)32-15-5-7-23(30)29(17-20-6-4-14-27-16-20)26-28-24-22(31-3)13-10-19(2)25(24)33-26/h4,6,8-14,16H,5,7,15,17H2,1-3H3. The van der Waals surface area contributed by atoms with Gasteiger partial charge in [0.2, 0.25) is 5.91 Å². The van der Waals surface area contributed by atoms with Gasteiger partial charge >= 0.3 is 0 Å². The first-order valence-electron chi connectivity index (χ1n) is 10.9. The number of carbonyl (C=O) groups excluding carboxylic acids is 1. The summed E-state index contributed by atoms with van der Waals surface area (Å²) in [5.74, 6) is 1.68. The molecule has 0 bridgehead atoms.